The van der Waals surface area contributed by atoms with Crippen molar-refractivity contribution in [3.8, 4) is 10.4 Å². The average Bonchev–Trinajstić information content (AvgIpc) is 2.89. The first kappa shape index (κ1) is 14.1. The zero-order valence-electron chi connectivity index (χ0n) is 11.3. The number of thiophene rings is 1. The van der Waals surface area contributed by atoms with Crippen LogP contribution in [0, 0.1) is 0 Å². The Bertz CT molecular complexity index is 672. The van der Waals surface area contributed by atoms with Crippen LogP contribution in [0.5, 0.6) is 0 Å². The molecule has 102 valence electrons. The van der Waals surface area contributed by atoms with E-state index in [-0.39, 0.29) is 5.75 Å². The van der Waals surface area contributed by atoms with E-state index in [2.05, 4.69) is 0 Å². The van der Waals surface area contributed by atoms with Gasteiger partial charge in [-0.2, -0.15) is 0 Å². The van der Waals surface area contributed by atoms with E-state index in [1.165, 1.54) is 11.3 Å². The Morgan fingerprint density at radius 1 is 1.11 bits per heavy atom. The van der Waals surface area contributed by atoms with Crippen molar-refractivity contribution in [1.82, 2.24) is 0 Å². The van der Waals surface area contributed by atoms with Crippen LogP contribution >= 0.6 is 11.3 Å². The topological polar surface area (TPSA) is 37.4 Å². The Morgan fingerprint density at radius 2 is 1.79 bits per heavy atom. The average molecular weight is 295 g/mol. The SMILES string of the molecule is CCS(=O)(=O)c1ccc(-c2ccccc2N(C)C)s1. The molecule has 0 radical (unpaired) electrons. The summed E-state index contributed by atoms with van der Waals surface area (Å²) in [6.45, 7) is 1.67. The number of sulfone groups is 1. The third kappa shape index (κ3) is 2.82. The molecule has 1 aromatic heterocycles. The normalized spacial score (nSPS) is 11.5. The Labute approximate surface area is 118 Å². The summed E-state index contributed by atoms with van der Waals surface area (Å²) in [6.07, 6.45) is 0. The summed E-state index contributed by atoms with van der Waals surface area (Å²) in [6, 6.07) is 11.6. The number of rotatable bonds is 4. The molecule has 5 heteroatoms. The van der Waals surface area contributed by atoms with E-state index in [0.717, 1.165) is 16.1 Å². The minimum Gasteiger partial charge on any atom is -0.377 e. The fourth-order valence-corrected chi connectivity index (χ4v) is 4.31. The molecule has 0 bridgehead atoms. The van der Waals surface area contributed by atoms with Gasteiger partial charge < -0.3 is 4.90 Å². The highest BCUT2D eigenvalue weighted by Crippen LogP contribution is 2.36. The molecule has 0 aliphatic heterocycles. The van der Waals surface area contributed by atoms with Gasteiger partial charge in [-0.05, 0) is 18.2 Å². The van der Waals surface area contributed by atoms with E-state index in [1.54, 1.807) is 13.0 Å². The van der Waals surface area contributed by atoms with Crippen LogP contribution in [0.4, 0.5) is 5.69 Å². The summed E-state index contributed by atoms with van der Waals surface area (Å²) in [5.74, 6) is 0.141. The van der Waals surface area contributed by atoms with Gasteiger partial charge in [0, 0.05) is 30.2 Å². The van der Waals surface area contributed by atoms with E-state index >= 15 is 0 Å². The second-order valence-electron chi connectivity index (χ2n) is 4.43. The van der Waals surface area contributed by atoms with Crippen molar-refractivity contribution < 1.29 is 8.42 Å². The molecule has 0 saturated carbocycles. The molecule has 0 N–H and O–H groups in total. The number of nitrogens with zero attached hydrogens (tertiary/aromatic N) is 1. The van der Waals surface area contributed by atoms with Gasteiger partial charge in [0.15, 0.2) is 9.84 Å². The third-order valence-electron chi connectivity index (χ3n) is 2.92. The molecule has 0 spiro atoms. The van der Waals surface area contributed by atoms with Gasteiger partial charge in [0.05, 0.1) is 5.75 Å². The van der Waals surface area contributed by atoms with Crippen LogP contribution < -0.4 is 4.90 Å². The molecular formula is C14H17NO2S2. The largest absolute Gasteiger partial charge is 0.377 e. The van der Waals surface area contributed by atoms with E-state index in [0.29, 0.717) is 4.21 Å². The summed E-state index contributed by atoms with van der Waals surface area (Å²) >= 11 is 1.33. The molecule has 0 amide bonds. The first-order valence-corrected chi connectivity index (χ1v) is 8.52. The molecular weight excluding hydrogens is 278 g/mol. The maximum absolute atomic E-state index is 11.9. The predicted molar refractivity (Wildman–Crippen MR) is 81.8 cm³/mol. The Kier molecular flexibility index (Phi) is 3.96. The quantitative estimate of drug-likeness (QED) is 0.868. The lowest BCUT2D eigenvalue weighted by Gasteiger charge is -2.16. The van der Waals surface area contributed by atoms with Gasteiger partial charge in [-0.15, -0.1) is 11.3 Å². The molecule has 1 aromatic carbocycles. The smallest absolute Gasteiger partial charge is 0.187 e. The van der Waals surface area contributed by atoms with E-state index in [1.807, 2.05) is 49.3 Å². The van der Waals surface area contributed by atoms with Gasteiger partial charge in [-0.1, -0.05) is 25.1 Å². The minimum absolute atomic E-state index is 0.141. The van der Waals surface area contributed by atoms with Crippen molar-refractivity contribution in [2.45, 2.75) is 11.1 Å². The Morgan fingerprint density at radius 3 is 2.42 bits per heavy atom. The first-order chi connectivity index (χ1) is 8.95. The first-order valence-electron chi connectivity index (χ1n) is 6.05. The molecule has 19 heavy (non-hydrogen) atoms. The Balaban J connectivity index is 2.50. The summed E-state index contributed by atoms with van der Waals surface area (Å²) in [5, 5.41) is 0. The van der Waals surface area contributed by atoms with Crippen LogP contribution in [0.25, 0.3) is 10.4 Å². The fraction of sp³-hybridized carbons (Fsp3) is 0.286. The lowest BCUT2D eigenvalue weighted by atomic mass is 10.1. The summed E-state index contributed by atoms with van der Waals surface area (Å²) in [7, 11) is 0.851. The zero-order chi connectivity index (χ0) is 14.0. The number of hydrogen-bond acceptors (Lipinski definition) is 4. The highest BCUT2D eigenvalue weighted by Gasteiger charge is 2.16. The number of benzene rings is 1. The van der Waals surface area contributed by atoms with Crippen molar-refractivity contribution in [3.05, 3.63) is 36.4 Å². The fourth-order valence-electron chi connectivity index (χ4n) is 1.85. The minimum atomic E-state index is -3.11. The second-order valence-corrected chi connectivity index (χ2v) is 8.02. The molecule has 2 aromatic rings. The van der Waals surface area contributed by atoms with E-state index in [9.17, 15) is 8.42 Å². The van der Waals surface area contributed by atoms with Crippen LogP contribution in [-0.4, -0.2) is 28.3 Å². The number of hydrogen-bond donors (Lipinski definition) is 0. The van der Waals surface area contributed by atoms with Crippen molar-refractivity contribution >= 4 is 26.9 Å². The van der Waals surface area contributed by atoms with Crippen molar-refractivity contribution in [3.63, 3.8) is 0 Å². The van der Waals surface area contributed by atoms with Gasteiger partial charge in [0.2, 0.25) is 0 Å². The van der Waals surface area contributed by atoms with Crippen molar-refractivity contribution in [1.29, 1.82) is 0 Å². The highest BCUT2D eigenvalue weighted by atomic mass is 32.2. The predicted octanol–water partition coefficient (Wildman–Crippen LogP) is 3.27. The molecule has 2 rings (SSSR count). The van der Waals surface area contributed by atoms with Crippen LogP contribution in [0.3, 0.4) is 0 Å². The van der Waals surface area contributed by atoms with Crippen LogP contribution in [0.1, 0.15) is 6.92 Å². The third-order valence-corrected chi connectivity index (χ3v) is 6.35. The van der Waals surface area contributed by atoms with Crippen molar-refractivity contribution in [2.75, 3.05) is 24.7 Å². The van der Waals surface area contributed by atoms with Crippen LogP contribution in [-0.2, 0) is 9.84 Å². The standard InChI is InChI=1S/C14H17NO2S2/c1-4-19(16,17)14-10-9-13(18-14)11-7-5-6-8-12(11)15(2)3/h5-10H,4H2,1-3H3. The Hall–Kier alpha value is -1.33. The monoisotopic (exact) mass is 295 g/mol. The van der Waals surface area contributed by atoms with Gasteiger partial charge in [0.1, 0.15) is 4.21 Å². The van der Waals surface area contributed by atoms with Crippen LogP contribution in [0.2, 0.25) is 0 Å². The lowest BCUT2D eigenvalue weighted by Crippen LogP contribution is -2.09. The summed E-state index contributed by atoms with van der Waals surface area (Å²) < 4.78 is 24.2. The van der Waals surface area contributed by atoms with Gasteiger partial charge >= 0.3 is 0 Å². The number of para-hydroxylation sites is 1. The number of anilines is 1. The lowest BCUT2D eigenvalue weighted by molar-refractivity contribution is 0.599. The maximum atomic E-state index is 11.9. The molecule has 0 aliphatic rings. The molecule has 0 atom stereocenters. The molecule has 1 heterocycles. The molecule has 0 unspecified atom stereocenters. The van der Waals surface area contributed by atoms with Gasteiger partial charge in [-0.3, -0.25) is 0 Å². The molecule has 0 saturated heterocycles. The second kappa shape index (κ2) is 5.35. The van der Waals surface area contributed by atoms with Crippen molar-refractivity contribution in [2.24, 2.45) is 0 Å². The summed E-state index contributed by atoms with van der Waals surface area (Å²) in [5.41, 5.74) is 2.15. The van der Waals surface area contributed by atoms with E-state index in [4.69, 9.17) is 0 Å². The maximum Gasteiger partial charge on any atom is 0.187 e. The molecule has 3 nitrogen and oxygen atoms in total. The van der Waals surface area contributed by atoms with Gasteiger partial charge in [-0.25, -0.2) is 8.42 Å². The highest BCUT2D eigenvalue weighted by molar-refractivity contribution is 7.93. The molecule has 0 aliphatic carbocycles. The van der Waals surface area contributed by atoms with E-state index < -0.39 is 9.84 Å². The van der Waals surface area contributed by atoms with Gasteiger partial charge in [0.25, 0.3) is 0 Å². The molecule has 0 fully saturated rings. The zero-order valence-corrected chi connectivity index (χ0v) is 12.9. The summed E-state index contributed by atoms with van der Waals surface area (Å²) in [4.78, 5) is 3.01. The van der Waals surface area contributed by atoms with Crippen LogP contribution in [0.15, 0.2) is 40.6 Å².